The van der Waals surface area contributed by atoms with Gasteiger partial charge in [-0.25, -0.2) is 0 Å². The highest BCUT2D eigenvalue weighted by atomic mass is 16.3. The van der Waals surface area contributed by atoms with Crippen molar-refractivity contribution in [3.05, 3.63) is 36.5 Å². The molecular formula is C39H73NO4. The van der Waals surface area contributed by atoms with Gasteiger partial charge in [-0.1, -0.05) is 166 Å². The molecule has 0 saturated carbocycles. The molecule has 0 aromatic heterocycles. The Morgan fingerprint density at radius 2 is 0.977 bits per heavy atom. The number of amides is 1. The van der Waals surface area contributed by atoms with Crippen molar-refractivity contribution in [1.29, 1.82) is 0 Å². The molecule has 0 bridgehead atoms. The first-order valence-corrected chi connectivity index (χ1v) is 18.8. The minimum Gasteiger partial charge on any atom is -0.394 e. The number of hydrogen-bond acceptors (Lipinski definition) is 4. The zero-order valence-electron chi connectivity index (χ0n) is 29.0. The Bertz CT molecular complexity index is 690. The summed E-state index contributed by atoms with van der Waals surface area (Å²) >= 11 is 0. The summed E-state index contributed by atoms with van der Waals surface area (Å²) in [5, 5.41) is 32.9. The van der Waals surface area contributed by atoms with E-state index in [0.29, 0.717) is 6.42 Å². The summed E-state index contributed by atoms with van der Waals surface area (Å²) in [6.45, 7) is 4.15. The number of rotatable bonds is 33. The van der Waals surface area contributed by atoms with Crippen LogP contribution in [0.1, 0.15) is 181 Å². The van der Waals surface area contributed by atoms with Gasteiger partial charge < -0.3 is 20.6 Å². The first-order chi connectivity index (χ1) is 21.5. The van der Waals surface area contributed by atoms with E-state index in [1.807, 2.05) is 6.08 Å². The Hall–Kier alpha value is -1.43. The topological polar surface area (TPSA) is 89.8 Å². The van der Waals surface area contributed by atoms with Crippen LogP contribution in [0.4, 0.5) is 0 Å². The van der Waals surface area contributed by atoms with E-state index in [1.165, 1.54) is 116 Å². The second kappa shape index (κ2) is 34.4. The highest BCUT2D eigenvalue weighted by molar-refractivity contribution is 5.76. The van der Waals surface area contributed by atoms with Gasteiger partial charge in [0.2, 0.25) is 5.91 Å². The van der Waals surface area contributed by atoms with Crippen molar-refractivity contribution in [3.63, 3.8) is 0 Å². The fourth-order valence-corrected chi connectivity index (χ4v) is 5.49. The molecule has 0 saturated heterocycles. The first kappa shape index (κ1) is 42.6. The lowest BCUT2D eigenvalue weighted by Crippen LogP contribution is -2.45. The molecule has 0 rings (SSSR count). The molecule has 0 spiro atoms. The second-order valence-corrected chi connectivity index (χ2v) is 12.8. The lowest BCUT2D eigenvalue weighted by molar-refractivity contribution is -0.124. The molecule has 0 heterocycles. The van der Waals surface area contributed by atoms with E-state index in [4.69, 9.17) is 0 Å². The molecular weight excluding hydrogens is 546 g/mol. The lowest BCUT2D eigenvalue weighted by Gasteiger charge is -2.21. The molecule has 0 aliphatic heterocycles. The molecule has 4 N–H and O–H groups in total. The van der Waals surface area contributed by atoms with Crippen LogP contribution in [0.3, 0.4) is 0 Å². The van der Waals surface area contributed by atoms with Crippen molar-refractivity contribution >= 4 is 5.91 Å². The minimum absolute atomic E-state index is 0.00275. The number of hydrogen-bond donors (Lipinski definition) is 4. The number of aliphatic hydroxyl groups excluding tert-OH is 3. The zero-order valence-corrected chi connectivity index (χ0v) is 29.0. The van der Waals surface area contributed by atoms with Crippen molar-refractivity contribution in [2.75, 3.05) is 6.61 Å². The van der Waals surface area contributed by atoms with Crippen molar-refractivity contribution in [3.8, 4) is 0 Å². The van der Waals surface area contributed by atoms with Crippen molar-refractivity contribution in [1.82, 2.24) is 5.32 Å². The highest BCUT2D eigenvalue weighted by Gasteiger charge is 2.20. The Labute approximate surface area is 273 Å². The number of unbranched alkanes of at least 4 members (excludes halogenated alkanes) is 20. The average Bonchev–Trinajstić information content (AvgIpc) is 3.01. The van der Waals surface area contributed by atoms with Gasteiger partial charge in [0, 0.05) is 0 Å². The molecule has 5 nitrogen and oxygen atoms in total. The SMILES string of the molecule is CCCCCCCCCCCCC/C=C/CC/C=C/CC/C=C/C(O)C(CO)NC(=O)CC(O)CCCCCCCCCC. The predicted molar refractivity (Wildman–Crippen MR) is 190 cm³/mol. The van der Waals surface area contributed by atoms with Crippen molar-refractivity contribution in [2.24, 2.45) is 0 Å². The minimum atomic E-state index is -0.955. The van der Waals surface area contributed by atoms with Crippen molar-refractivity contribution in [2.45, 2.75) is 199 Å². The van der Waals surface area contributed by atoms with Gasteiger partial charge >= 0.3 is 0 Å². The average molecular weight is 620 g/mol. The smallest absolute Gasteiger partial charge is 0.222 e. The summed E-state index contributed by atoms with van der Waals surface area (Å²) in [6, 6.07) is -0.762. The molecule has 0 fully saturated rings. The van der Waals surface area contributed by atoms with Gasteiger partial charge in [-0.15, -0.1) is 0 Å². The van der Waals surface area contributed by atoms with E-state index in [0.717, 1.165) is 38.5 Å². The molecule has 1 amide bonds. The molecule has 0 radical (unpaired) electrons. The third-order valence-electron chi connectivity index (χ3n) is 8.41. The van der Waals surface area contributed by atoms with Crippen LogP contribution in [0.25, 0.3) is 0 Å². The first-order valence-electron chi connectivity index (χ1n) is 18.8. The van der Waals surface area contributed by atoms with Crippen LogP contribution >= 0.6 is 0 Å². The van der Waals surface area contributed by atoms with E-state index in [-0.39, 0.29) is 18.9 Å². The molecule has 5 heteroatoms. The molecule has 3 unspecified atom stereocenters. The molecule has 0 aliphatic carbocycles. The lowest BCUT2D eigenvalue weighted by atomic mass is 10.0. The largest absolute Gasteiger partial charge is 0.394 e. The van der Waals surface area contributed by atoms with E-state index >= 15 is 0 Å². The number of carbonyl (C=O) groups excluding carboxylic acids is 1. The zero-order chi connectivity index (χ0) is 32.4. The van der Waals surface area contributed by atoms with E-state index in [2.05, 4.69) is 43.5 Å². The van der Waals surface area contributed by atoms with Crippen LogP contribution in [0, 0.1) is 0 Å². The van der Waals surface area contributed by atoms with Crippen LogP contribution in [0.2, 0.25) is 0 Å². The Kier molecular flexibility index (Phi) is 33.3. The fourth-order valence-electron chi connectivity index (χ4n) is 5.49. The second-order valence-electron chi connectivity index (χ2n) is 12.8. The van der Waals surface area contributed by atoms with Crippen LogP contribution in [0.5, 0.6) is 0 Å². The van der Waals surface area contributed by atoms with E-state index in [1.54, 1.807) is 6.08 Å². The monoisotopic (exact) mass is 620 g/mol. The maximum absolute atomic E-state index is 12.3. The van der Waals surface area contributed by atoms with E-state index < -0.39 is 18.2 Å². The summed E-state index contributed by atoms with van der Waals surface area (Å²) in [7, 11) is 0. The van der Waals surface area contributed by atoms with Gasteiger partial charge in [-0.2, -0.15) is 0 Å². The third kappa shape index (κ3) is 30.6. The number of carbonyl (C=O) groups is 1. The summed E-state index contributed by atoms with van der Waals surface area (Å²) in [6.07, 6.45) is 41.4. The predicted octanol–water partition coefficient (Wildman–Crippen LogP) is 10.0. The number of nitrogens with one attached hydrogen (secondary N) is 1. The van der Waals surface area contributed by atoms with Crippen LogP contribution in [-0.4, -0.2) is 46.1 Å². The summed E-state index contributed by atoms with van der Waals surface area (Å²) < 4.78 is 0. The van der Waals surface area contributed by atoms with Gasteiger partial charge in [0.1, 0.15) is 0 Å². The Morgan fingerprint density at radius 3 is 1.45 bits per heavy atom. The maximum Gasteiger partial charge on any atom is 0.222 e. The maximum atomic E-state index is 12.3. The highest BCUT2D eigenvalue weighted by Crippen LogP contribution is 2.13. The quantitative estimate of drug-likeness (QED) is 0.0435. The summed E-state index contributed by atoms with van der Waals surface area (Å²) in [5.41, 5.74) is 0. The molecule has 3 atom stereocenters. The molecule has 0 aromatic rings. The van der Waals surface area contributed by atoms with Gasteiger partial charge in [0.05, 0.1) is 31.3 Å². The van der Waals surface area contributed by atoms with Crippen LogP contribution in [-0.2, 0) is 4.79 Å². The van der Waals surface area contributed by atoms with Crippen molar-refractivity contribution < 1.29 is 20.1 Å². The van der Waals surface area contributed by atoms with E-state index in [9.17, 15) is 20.1 Å². The number of allylic oxidation sites excluding steroid dienone is 5. The molecule has 0 aliphatic rings. The number of aliphatic hydroxyl groups is 3. The molecule has 44 heavy (non-hydrogen) atoms. The fraction of sp³-hybridized carbons (Fsp3) is 0.821. The Balaban J connectivity index is 3.78. The van der Waals surface area contributed by atoms with Gasteiger partial charge in [-0.3, -0.25) is 4.79 Å². The summed E-state index contributed by atoms with van der Waals surface area (Å²) in [5.74, 6) is -0.334. The van der Waals surface area contributed by atoms with Gasteiger partial charge in [0.25, 0.3) is 0 Å². The summed E-state index contributed by atoms with van der Waals surface area (Å²) in [4.78, 5) is 12.3. The van der Waals surface area contributed by atoms with Gasteiger partial charge in [0.15, 0.2) is 0 Å². The van der Waals surface area contributed by atoms with Crippen LogP contribution < -0.4 is 5.32 Å². The molecule has 0 aromatic carbocycles. The standard InChI is InChI=1S/C39H73NO4/c1-3-5-7-9-11-13-14-15-16-17-18-19-20-21-22-23-24-25-27-29-31-33-38(43)37(35-41)40-39(44)34-36(42)32-30-28-26-12-10-8-6-4-2/h20-21,24-25,31,33,36-38,41-43H,3-19,22-23,26-30,32,34-35H2,1-2H3,(H,40,44)/b21-20+,25-24+,33-31+. The van der Waals surface area contributed by atoms with Gasteiger partial charge in [-0.05, 0) is 44.9 Å². The molecule has 258 valence electrons. The normalized spacial score (nSPS) is 14.2. The Morgan fingerprint density at radius 1 is 0.568 bits per heavy atom. The van der Waals surface area contributed by atoms with Crippen LogP contribution in [0.15, 0.2) is 36.5 Å². The third-order valence-corrected chi connectivity index (χ3v) is 8.41.